The maximum atomic E-state index is 12.3. The molecule has 0 fully saturated rings. The SMILES string of the molecule is CCOC(=O)c1c(C)[nH]c(=O)c(I)c1Sc1cc(C)cc(C)c1. The zero-order valence-corrected chi connectivity index (χ0v) is 16.4. The van der Waals surface area contributed by atoms with E-state index in [9.17, 15) is 9.59 Å². The van der Waals surface area contributed by atoms with Crippen LogP contribution in [0.2, 0.25) is 0 Å². The Hall–Kier alpha value is -1.28. The summed E-state index contributed by atoms with van der Waals surface area (Å²) in [6, 6.07) is 6.17. The summed E-state index contributed by atoms with van der Waals surface area (Å²) in [6.07, 6.45) is 0. The average molecular weight is 443 g/mol. The number of hydrogen-bond acceptors (Lipinski definition) is 4. The molecule has 4 nitrogen and oxygen atoms in total. The second-order valence-corrected chi connectivity index (χ2v) is 7.41. The number of hydrogen-bond donors (Lipinski definition) is 1. The van der Waals surface area contributed by atoms with E-state index in [1.54, 1.807) is 13.8 Å². The third kappa shape index (κ3) is 4.17. The first-order valence-electron chi connectivity index (χ1n) is 7.19. The highest BCUT2D eigenvalue weighted by molar-refractivity contribution is 14.1. The molecule has 1 heterocycles. The number of H-pyrrole nitrogens is 1. The average Bonchev–Trinajstić information content (AvgIpc) is 2.43. The monoisotopic (exact) mass is 443 g/mol. The van der Waals surface area contributed by atoms with Crippen LogP contribution in [-0.4, -0.2) is 17.6 Å². The van der Waals surface area contributed by atoms with Gasteiger partial charge in [0.1, 0.15) is 0 Å². The van der Waals surface area contributed by atoms with Gasteiger partial charge in [0.25, 0.3) is 5.56 Å². The van der Waals surface area contributed by atoms with Crippen LogP contribution in [0.3, 0.4) is 0 Å². The Morgan fingerprint density at radius 1 is 1.22 bits per heavy atom. The van der Waals surface area contributed by atoms with Crippen LogP contribution in [-0.2, 0) is 4.74 Å². The lowest BCUT2D eigenvalue weighted by Crippen LogP contribution is -2.19. The predicted molar refractivity (Wildman–Crippen MR) is 101 cm³/mol. The van der Waals surface area contributed by atoms with Crippen molar-refractivity contribution in [3.05, 3.63) is 54.5 Å². The fourth-order valence-corrected chi connectivity index (χ4v) is 4.31. The first-order valence-corrected chi connectivity index (χ1v) is 9.08. The number of carbonyl (C=O) groups is 1. The fraction of sp³-hybridized carbons (Fsp3) is 0.294. The van der Waals surface area contributed by atoms with Gasteiger partial charge in [0.15, 0.2) is 0 Å². The van der Waals surface area contributed by atoms with Crippen molar-refractivity contribution >= 4 is 40.3 Å². The molecule has 0 saturated carbocycles. The number of rotatable bonds is 4. The molecule has 122 valence electrons. The van der Waals surface area contributed by atoms with Gasteiger partial charge in [0, 0.05) is 15.5 Å². The molecular formula is C17H18INO3S. The van der Waals surface area contributed by atoms with Crippen LogP contribution in [0.1, 0.15) is 34.1 Å². The third-order valence-corrected chi connectivity index (χ3v) is 5.68. The molecular weight excluding hydrogens is 425 g/mol. The largest absolute Gasteiger partial charge is 0.462 e. The quantitative estimate of drug-likeness (QED) is 0.568. The van der Waals surface area contributed by atoms with Crippen LogP contribution in [0.5, 0.6) is 0 Å². The van der Waals surface area contributed by atoms with Crippen molar-refractivity contribution < 1.29 is 9.53 Å². The van der Waals surface area contributed by atoms with Gasteiger partial charge in [0.05, 0.1) is 15.7 Å². The minimum absolute atomic E-state index is 0.192. The first-order chi connectivity index (χ1) is 10.8. The number of aromatic amines is 1. The molecule has 1 aromatic heterocycles. The minimum Gasteiger partial charge on any atom is -0.462 e. The van der Waals surface area contributed by atoms with Crippen LogP contribution in [0.25, 0.3) is 0 Å². The molecule has 2 rings (SSSR count). The van der Waals surface area contributed by atoms with E-state index >= 15 is 0 Å². The number of aromatic nitrogens is 1. The number of benzene rings is 1. The Morgan fingerprint density at radius 3 is 2.39 bits per heavy atom. The maximum absolute atomic E-state index is 12.3. The standard InChI is InChI=1S/C17H18INO3S/c1-5-22-17(21)13-11(4)19-16(20)14(18)15(13)23-12-7-9(2)6-10(3)8-12/h6-8H,5H2,1-4H3,(H,19,20). The van der Waals surface area contributed by atoms with Gasteiger partial charge in [-0.2, -0.15) is 0 Å². The van der Waals surface area contributed by atoms with E-state index in [1.807, 2.05) is 48.6 Å². The lowest BCUT2D eigenvalue weighted by molar-refractivity contribution is 0.0520. The summed E-state index contributed by atoms with van der Waals surface area (Å²) in [5.41, 5.74) is 3.05. The molecule has 0 aliphatic heterocycles. The molecule has 0 saturated heterocycles. The lowest BCUT2D eigenvalue weighted by Gasteiger charge is -2.13. The van der Waals surface area contributed by atoms with Gasteiger partial charge in [-0.3, -0.25) is 4.79 Å². The zero-order chi connectivity index (χ0) is 17.1. The number of carbonyl (C=O) groups excluding carboxylic acids is 1. The van der Waals surface area contributed by atoms with Crippen molar-refractivity contribution in [2.75, 3.05) is 6.61 Å². The number of pyridine rings is 1. The third-order valence-electron chi connectivity index (χ3n) is 3.20. The minimum atomic E-state index is -0.411. The summed E-state index contributed by atoms with van der Waals surface area (Å²) in [7, 11) is 0. The molecule has 6 heteroatoms. The van der Waals surface area contributed by atoms with Crippen molar-refractivity contribution in [2.45, 2.75) is 37.5 Å². The van der Waals surface area contributed by atoms with Crippen molar-refractivity contribution in [1.29, 1.82) is 0 Å². The molecule has 0 bridgehead atoms. The van der Waals surface area contributed by atoms with E-state index in [0.29, 0.717) is 26.3 Å². The van der Waals surface area contributed by atoms with E-state index in [0.717, 1.165) is 16.0 Å². The Bertz CT molecular complexity index is 794. The molecule has 0 radical (unpaired) electrons. The molecule has 1 N–H and O–H groups in total. The van der Waals surface area contributed by atoms with E-state index in [2.05, 4.69) is 11.1 Å². The Labute approximate surface area is 153 Å². The second kappa shape index (κ2) is 7.53. The number of esters is 1. The van der Waals surface area contributed by atoms with E-state index < -0.39 is 5.97 Å². The number of halogens is 1. The Morgan fingerprint density at radius 2 is 1.83 bits per heavy atom. The first kappa shape index (κ1) is 18.1. The summed E-state index contributed by atoms with van der Waals surface area (Å²) in [5, 5.41) is 0. The van der Waals surface area contributed by atoms with Gasteiger partial charge in [-0.05, 0) is 73.5 Å². The van der Waals surface area contributed by atoms with Gasteiger partial charge in [-0.1, -0.05) is 17.8 Å². The summed E-state index contributed by atoms with van der Waals surface area (Å²) >= 11 is 3.40. The van der Waals surface area contributed by atoms with Crippen LogP contribution in [0.4, 0.5) is 0 Å². The van der Waals surface area contributed by atoms with E-state index in [4.69, 9.17) is 4.74 Å². The topological polar surface area (TPSA) is 59.2 Å². The second-order valence-electron chi connectivity index (χ2n) is 5.24. The highest BCUT2D eigenvalue weighted by Gasteiger charge is 2.22. The summed E-state index contributed by atoms with van der Waals surface area (Å²) < 4.78 is 5.65. The fourth-order valence-electron chi connectivity index (χ4n) is 2.33. The zero-order valence-electron chi connectivity index (χ0n) is 13.5. The maximum Gasteiger partial charge on any atom is 0.341 e. The van der Waals surface area contributed by atoms with Crippen LogP contribution in [0, 0.1) is 24.3 Å². The van der Waals surface area contributed by atoms with E-state index in [1.165, 1.54) is 11.8 Å². The molecule has 0 unspecified atom stereocenters. The van der Waals surface area contributed by atoms with Crippen molar-refractivity contribution in [3.8, 4) is 0 Å². The summed E-state index contributed by atoms with van der Waals surface area (Å²) in [5.74, 6) is -0.411. The molecule has 0 aliphatic rings. The lowest BCUT2D eigenvalue weighted by atomic mass is 10.2. The number of nitrogens with one attached hydrogen (secondary N) is 1. The predicted octanol–water partition coefficient (Wildman–Crippen LogP) is 4.23. The summed E-state index contributed by atoms with van der Waals surface area (Å²) in [4.78, 5) is 28.8. The molecule has 1 aromatic carbocycles. The Balaban J connectivity index is 2.59. The van der Waals surface area contributed by atoms with Gasteiger partial charge in [-0.25, -0.2) is 4.79 Å². The normalized spacial score (nSPS) is 10.7. The van der Waals surface area contributed by atoms with Gasteiger partial charge in [-0.15, -0.1) is 0 Å². The van der Waals surface area contributed by atoms with Crippen molar-refractivity contribution in [3.63, 3.8) is 0 Å². The van der Waals surface area contributed by atoms with Gasteiger partial charge in [0.2, 0.25) is 0 Å². The summed E-state index contributed by atoms with van der Waals surface area (Å²) in [6.45, 7) is 7.83. The van der Waals surface area contributed by atoms with E-state index in [-0.39, 0.29) is 5.56 Å². The molecule has 23 heavy (non-hydrogen) atoms. The van der Waals surface area contributed by atoms with Gasteiger partial charge < -0.3 is 9.72 Å². The molecule has 0 aliphatic carbocycles. The highest BCUT2D eigenvalue weighted by atomic mass is 127. The molecule has 0 atom stereocenters. The number of aryl methyl sites for hydroxylation is 3. The molecule has 0 spiro atoms. The van der Waals surface area contributed by atoms with Crippen LogP contribution in [0.15, 0.2) is 32.8 Å². The van der Waals surface area contributed by atoms with Crippen LogP contribution >= 0.6 is 34.4 Å². The smallest absolute Gasteiger partial charge is 0.341 e. The number of ether oxygens (including phenoxy) is 1. The highest BCUT2D eigenvalue weighted by Crippen LogP contribution is 2.35. The van der Waals surface area contributed by atoms with Gasteiger partial charge >= 0.3 is 5.97 Å². The Kier molecular flexibility index (Phi) is 5.91. The van der Waals surface area contributed by atoms with Crippen LogP contribution < -0.4 is 5.56 Å². The molecule has 0 amide bonds. The van der Waals surface area contributed by atoms with Crippen molar-refractivity contribution in [2.24, 2.45) is 0 Å². The van der Waals surface area contributed by atoms with Crippen molar-refractivity contribution in [1.82, 2.24) is 4.98 Å². The molecule has 2 aromatic rings.